The SMILES string of the molecule is CCCCOc1ccc(C(CC#N)C(=O)N2C(=O)OC[C@H]2c2ccccc2)cc1. The van der Waals surface area contributed by atoms with Crippen molar-refractivity contribution in [3.05, 3.63) is 65.7 Å². The summed E-state index contributed by atoms with van der Waals surface area (Å²) >= 11 is 0. The van der Waals surface area contributed by atoms with Crippen LogP contribution in [0.25, 0.3) is 0 Å². The number of rotatable bonds is 8. The predicted molar refractivity (Wildman–Crippen MR) is 107 cm³/mol. The standard InChI is InChI=1S/C23H24N2O4/c1-2-3-15-28-19-11-9-17(10-12-19)20(13-14-24)22(26)25-21(16-29-23(25)27)18-7-5-4-6-8-18/h4-12,20-21H,2-3,13,15-16H2,1H3/t20?,21-/m0/s1. The molecule has 2 atom stereocenters. The number of carbonyl (C=O) groups excluding carboxylic acids is 2. The Labute approximate surface area is 170 Å². The molecule has 0 spiro atoms. The van der Waals surface area contributed by atoms with E-state index in [0.717, 1.165) is 23.3 Å². The van der Waals surface area contributed by atoms with Crippen molar-refractivity contribution in [1.29, 1.82) is 5.26 Å². The fourth-order valence-corrected chi connectivity index (χ4v) is 3.32. The van der Waals surface area contributed by atoms with Crippen molar-refractivity contribution in [2.24, 2.45) is 0 Å². The minimum absolute atomic E-state index is 0.0276. The maximum atomic E-state index is 13.3. The Kier molecular flexibility index (Phi) is 6.85. The maximum absolute atomic E-state index is 13.3. The van der Waals surface area contributed by atoms with Crippen molar-refractivity contribution in [3.8, 4) is 11.8 Å². The number of cyclic esters (lactones) is 1. The second-order valence-corrected chi connectivity index (χ2v) is 6.90. The smallest absolute Gasteiger partial charge is 0.417 e. The Morgan fingerprint density at radius 3 is 2.62 bits per heavy atom. The van der Waals surface area contributed by atoms with Gasteiger partial charge in [-0.15, -0.1) is 0 Å². The number of nitrogens with zero attached hydrogens (tertiary/aromatic N) is 2. The van der Waals surface area contributed by atoms with Crippen molar-refractivity contribution < 1.29 is 19.1 Å². The number of ether oxygens (including phenoxy) is 2. The van der Waals surface area contributed by atoms with E-state index in [1.165, 1.54) is 0 Å². The molecule has 1 heterocycles. The van der Waals surface area contributed by atoms with Crippen LogP contribution in [0.4, 0.5) is 4.79 Å². The van der Waals surface area contributed by atoms with Gasteiger partial charge in [0.15, 0.2) is 0 Å². The van der Waals surface area contributed by atoms with Crippen LogP contribution in [-0.2, 0) is 9.53 Å². The topological polar surface area (TPSA) is 79.6 Å². The first-order valence-electron chi connectivity index (χ1n) is 9.80. The van der Waals surface area contributed by atoms with E-state index in [2.05, 4.69) is 13.0 Å². The molecule has 150 valence electrons. The van der Waals surface area contributed by atoms with Gasteiger partial charge in [0.2, 0.25) is 5.91 Å². The molecule has 2 aromatic rings. The molecule has 2 aromatic carbocycles. The summed E-state index contributed by atoms with van der Waals surface area (Å²) in [7, 11) is 0. The molecule has 0 saturated carbocycles. The summed E-state index contributed by atoms with van der Waals surface area (Å²) in [4.78, 5) is 26.7. The maximum Gasteiger partial charge on any atom is 0.417 e. The van der Waals surface area contributed by atoms with E-state index >= 15 is 0 Å². The molecule has 0 aromatic heterocycles. The van der Waals surface area contributed by atoms with Crippen molar-refractivity contribution in [2.45, 2.75) is 38.1 Å². The van der Waals surface area contributed by atoms with Crippen LogP contribution in [0.15, 0.2) is 54.6 Å². The van der Waals surface area contributed by atoms with Crippen LogP contribution in [0.1, 0.15) is 49.3 Å². The lowest BCUT2D eigenvalue weighted by Crippen LogP contribution is -2.37. The monoisotopic (exact) mass is 392 g/mol. The summed E-state index contributed by atoms with van der Waals surface area (Å²) in [5.74, 6) is -0.461. The zero-order valence-corrected chi connectivity index (χ0v) is 16.4. The van der Waals surface area contributed by atoms with E-state index in [0.29, 0.717) is 17.9 Å². The molecule has 6 nitrogen and oxygen atoms in total. The Bertz CT molecular complexity index is 874. The zero-order valence-electron chi connectivity index (χ0n) is 16.4. The highest BCUT2D eigenvalue weighted by molar-refractivity contribution is 5.97. The normalized spacial score (nSPS) is 16.8. The Morgan fingerprint density at radius 1 is 1.24 bits per heavy atom. The number of benzene rings is 2. The van der Waals surface area contributed by atoms with Crippen LogP contribution in [0.3, 0.4) is 0 Å². The molecular formula is C23H24N2O4. The van der Waals surface area contributed by atoms with E-state index in [9.17, 15) is 14.9 Å². The van der Waals surface area contributed by atoms with Gasteiger partial charge in [-0.25, -0.2) is 9.69 Å². The molecule has 1 fully saturated rings. The van der Waals surface area contributed by atoms with Gasteiger partial charge in [0.1, 0.15) is 18.4 Å². The molecule has 3 rings (SSSR count). The van der Waals surface area contributed by atoms with Gasteiger partial charge < -0.3 is 9.47 Å². The number of imide groups is 1. The van der Waals surface area contributed by atoms with Gasteiger partial charge in [-0.3, -0.25) is 4.79 Å². The number of unbranched alkanes of at least 4 members (excludes halogenated alkanes) is 1. The van der Waals surface area contributed by atoms with Crippen molar-refractivity contribution in [3.63, 3.8) is 0 Å². The Hall–Kier alpha value is -3.33. The summed E-state index contributed by atoms with van der Waals surface area (Å²) in [6, 6.07) is 18.0. The van der Waals surface area contributed by atoms with Gasteiger partial charge in [0, 0.05) is 0 Å². The van der Waals surface area contributed by atoms with Gasteiger partial charge in [-0.1, -0.05) is 55.8 Å². The Balaban J connectivity index is 1.81. The van der Waals surface area contributed by atoms with Crippen molar-refractivity contribution in [1.82, 2.24) is 4.90 Å². The Morgan fingerprint density at radius 2 is 1.97 bits per heavy atom. The number of hydrogen-bond donors (Lipinski definition) is 0. The molecule has 0 aliphatic carbocycles. The van der Waals surface area contributed by atoms with E-state index in [-0.39, 0.29) is 13.0 Å². The molecule has 1 aliphatic heterocycles. The molecule has 0 bridgehead atoms. The van der Waals surface area contributed by atoms with Crippen molar-refractivity contribution >= 4 is 12.0 Å². The minimum atomic E-state index is -0.749. The molecule has 1 aliphatic rings. The van der Waals surface area contributed by atoms with Crippen LogP contribution >= 0.6 is 0 Å². The highest BCUT2D eigenvalue weighted by atomic mass is 16.6. The van der Waals surface area contributed by atoms with E-state index in [4.69, 9.17) is 9.47 Å². The summed E-state index contributed by atoms with van der Waals surface area (Å²) in [5, 5.41) is 9.27. The second kappa shape index (κ2) is 9.74. The van der Waals surface area contributed by atoms with Crippen molar-refractivity contribution in [2.75, 3.05) is 13.2 Å². The first-order valence-corrected chi connectivity index (χ1v) is 9.80. The third-order valence-electron chi connectivity index (χ3n) is 4.94. The quantitative estimate of drug-likeness (QED) is 0.614. The summed E-state index contributed by atoms with van der Waals surface area (Å²) in [6.07, 6.45) is 1.31. The molecule has 6 heteroatoms. The summed E-state index contributed by atoms with van der Waals surface area (Å²) in [5.41, 5.74) is 1.49. The minimum Gasteiger partial charge on any atom is -0.494 e. The zero-order chi connectivity index (χ0) is 20.6. The molecular weight excluding hydrogens is 368 g/mol. The highest BCUT2D eigenvalue weighted by Gasteiger charge is 2.41. The lowest BCUT2D eigenvalue weighted by molar-refractivity contribution is -0.130. The van der Waals surface area contributed by atoms with Crippen LogP contribution < -0.4 is 4.74 Å². The number of amides is 2. The third-order valence-corrected chi connectivity index (χ3v) is 4.94. The predicted octanol–water partition coefficient (Wildman–Crippen LogP) is 4.58. The molecule has 0 radical (unpaired) electrons. The van der Waals surface area contributed by atoms with E-state index < -0.39 is 24.0 Å². The largest absolute Gasteiger partial charge is 0.494 e. The molecule has 29 heavy (non-hydrogen) atoms. The van der Waals surface area contributed by atoms with Crippen LogP contribution in [0.5, 0.6) is 5.75 Å². The average molecular weight is 392 g/mol. The molecule has 1 saturated heterocycles. The molecule has 0 N–H and O–H groups in total. The fourth-order valence-electron chi connectivity index (χ4n) is 3.32. The van der Waals surface area contributed by atoms with Gasteiger partial charge in [-0.05, 0) is 29.7 Å². The molecule has 2 amide bonds. The lowest BCUT2D eigenvalue weighted by Gasteiger charge is -2.24. The number of nitriles is 1. The van der Waals surface area contributed by atoms with Gasteiger partial charge >= 0.3 is 6.09 Å². The average Bonchev–Trinajstić information content (AvgIpc) is 3.14. The first-order chi connectivity index (χ1) is 14.2. The number of hydrogen-bond acceptors (Lipinski definition) is 5. The fraction of sp³-hybridized carbons (Fsp3) is 0.348. The first kappa shape index (κ1) is 20.4. The molecule has 1 unspecified atom stereocenters. The van der Waals surface area contributed by atoms with Gasteiger partial charge in [-0.2, -0.15) is 5.26 Å². The van der Waals surface area contributed by atoms with Gasteiger partial charge in [0.05, 0.1) is 25.0 Å². The highest BCUT2D eigenvalue weighted by Crippen LogP contribution is 2.33. The van der Waals surface area contributed by atoms with Crippen LogP contribution in [0.2, 0.25) is 0 Å². The number of carbonyl (C=O) groups is 2. The third kappa shape index (κ3) is 4.75. The summed E-state index contributed by atoms with van der Waals surface area (Å²) < 4.78 is 10.8. The summed E-state index contributed by atoms with van der Waals surface area (Å²) in [6.45, 7) is 2.84. The van der Waals surface area contributed by atoms with E-state index in [1.807, 2.05) is 30.3 Å². The lowest BCUT2D eigenvalue weighted by atomic mass is 9.93. The van der Waals surface area contributed by atoms with E-state index in [1.54, 1.807) is 24.3 Å². The van der Waals surface area contributed by atoms with Gasteiger partial charge in [0.25, 0.3) is 0 Å². The second-order valence-electron chi connectivity index (χ2n) is 6.90. The van der Waals surface area contributed by atoms with Crippen LogP contribution in [0, 0.1) is 11.3 Å². The van der Waals surface area contributed by atoms with Crippen LogP contribution in [-0.4, -0.2) is 30.1 Å².